The molecular weight excluding hydrogens is 320 g/mol. The second-order valence-corrected chi connectivity index (χ2v) is 6.82. The van der Waals surface area contributed by atoms with E-state index in [1.54, 1.807) is 4.40 Å². The number of nitrogens with zero attached hydrogens (tertiary/aromatic N) is 3. The quantitative estimate of drug-likeness (QED) is 0.599. The van der Waals surface area contributed by atoms with E-state index in [4.69, 9.17) is 0 Å². The molecule has 1 N–H and O–H groups in total. The third-order valence-electron chi connectivity index (χ3n) is 4.08. The Hall–Kier alpha value is -2.73. The Kier molecular flexibility index (Phi) is 3.35. The summed E-state index contributed by atoms with van der Waals surface area (Å²) >= 11 is 1.50. The van der Waals surface area contributed by atoms with Gasteiger partial charge in [-0.15, -0.1) is 0 Å². The molecule has 0 aliphatic heterocycles. The largest absolute Gasteiger partial charge is 0.296 e. The Morgan fingerprint density at radius 3 is 2.67 bits per heavy atom. The number of anilines is 1. The molecule has 0 unspecified atom stereocenters. The van der Waals surface area contributed by atoms with Crippen molar-refractivity contribution in [1.29, 1.82) is 0 Å². The average Bonchev–Trinajstić information content (AvgIpc) is 3.11. The second-order valence-electron chi connectivity index (χ2n) is 5.82. The van der Waals surface area contributed by atoms with Crippen LogP contribution in [0.4, 0.5) is 5.13 Å². The fraction of sp³-hybridized carbons (Fsp3) is 0.167. The highest BCUT2D eigenvalue weighted by atomic mass is 32.1. The molecule has 3 aromatic heterocycles. The van der Waals surface area contributed by atoms with Crippen molar-refractivity contribution in [1.82, 2.24) is 14.4 Å². The maximum atomic E-state index is 12.8. The van der Waals surface area contributed by atoms with Gasteiger partial charge in [-0.2, -0.15) is 0 Å². The van der Waals surface area contributed by atoms with Gasteiger partial charge in [-0.3, -0.25) is 14.5 Å². The number of imidazole rings is 1. The minimum atomic E-state index is -0.194. The lowest BCUT2D eigenvalue weighted by molar-refractivity contribution is 0.102. The fourth-order valence-electron chi connectivity index (χ4n) is 2.86. The van der Waals surface area contributed by atoms with E-state index in [2.05, 4.69) is 34.3 Å². The number of thiazole rings is 1. The number of hydrogen-bond acceptors (Lipinski definition) is 4. The van der Waals surface area contributed by atoms with E-state index < -0.39 is 0 Å². The number of aromatic nitrogens is 3. The third kappa shape index (κ3) is 2.27. The minimum Gasteiger partial charge on any atom is -0.296 e. The van der Waals surface area contributed by atoms with Crippen molar-refractivity contribution >= 4 is 38.2 Å². The molecule has 0 fully saturated rings. The van der Waals surface area contributed by atoms with E-state index >= 15 is 0 Å². The highest BCUT2D eigenvalue weighted by molar-refractivity contribution is 7.22. The van der Waals surface area contributed by atoms with Gasteiger partial charge < -0.3 is 0 Å². The molecule has 0 spiro atoms. The van der Waals surface area contributed by atoms with Crippen LogP contribution in [-0.2, 0) is 0 Å². The van der Waals surface area contributed by atoms with Crippen molar-refractivity contribution in [2.24, 2.45) is 0 Å². The van der Waals surface area contributed by atoms with Crippen LogP contribution in [-0.4, -0.2) is 20.3 Å². The van der Waals surface area contributed by atoms with Crippen LogP contribution >= 0.6 is 11.3 Å². The van der Waals surface area contributed by atoms with Gasteiger partial charge in [0, 0.05) is 6.20 Å². The summed E-state index contributed by atoms with van der Waals surface area (Å²) in [6, 6.07) is 9.81. The Labute approximate surface area is 143 Å². The highest BCUT2D eigenvalue weighted by Gasteiger charge is 2.18. The number of nitrogens with one attached hydrogen (secondary N) is 1. The molecule has 4 rings (SSSR count). The van der Waals surface area contributed by atoms with Crippen molar-refractivity contribution in [2.45, 2.75) is 20.8 Å². The zero-order valence-electron chi connectivity index (χ0n) is 13.6. The summed E-state index contributed by atoms with van der Waals surface area (Å²) in [5.74, 6) is -0.194. The summed E-state index contributed by atoms with van der Waals surface area (Å²) in [5, 5.41) is 3.54. The molecule has 0 saturated heterocycles. The van der Waals surface area contributed by atoms with Gasteiger partial charge in [-0.1, -0.05) is 29.5 Å². The number of carbonyl (C=O) groups excluding carboxylic acids is 1. The van der Waals surface area contributed by atoms with Gasteiger partial charge >= 0.3 is 0 Å². The predicted octanol–water partition coefficient (Wildman–Crippen LogP) is 4.12. The van der Waals surface area contributed by atoms with Gasteiger partial charge in [0.15, 0.2) is 5.13 Å². The van der Waals surface area contributed by atoms with Gasteiger partial charge in [0.25, 0.3) is 5.91 Å². The monoisotopic (exact) mass is 336 g/mol. The molecule has 24 heavy (non-hydrogen) atoms. The van der Waals surface area contributed by atoms with E-state index in [1.165, 1.54) is 16.9 Å². The maximum absolute atomic E-state index is 12.8. The first-order valence-electron chi connectivity index (χ1n) is 7.66. The van der Waals surface area contributed by atoms with Crippen LogP contribution in [0.2, 0.25) is 0 Å². The number of pyridine rings is 1. The normalized spacial score (nSPS) is 11.3. The summed E-state index contributed by atoms with van der Waals surface area (Å²) in [7, 11) is 0. The second kappa shape index (κ2) is 5.42. The van der Waals surface area contributed by atoms with E-state index in [0.29, 0.717) is 16.5 Å². The lowest BCUT2D eigenvalue weighted by Crippen LogP contribution is -2.15. The molecule has 0 aliphatic rings. The van der Waals surface area contributed by atoms with Crippen molar-refractivity contribution in [3.05, 3.63) is 59.0 Å². The number of rotatable bonds is 2. The van der Waals surface area contributed by atoms with Crippen molar-refractivity contribution < 1.29 is 4.79 Å². The summed E-state index contributed by atoms with van der Waals surface area (Å²) in [4.78, 5) is 21.8. The number of carbonyl (C=O) groups is 1. The van der Waals surface area contributed by atoms with Crippen LogP contribution in [0, 0.1) is 20.8 Å². The molecule has 0 saturated carbocycles. The summed E-state index contributed by atoms with van der Waals surface area (Å²) in [6.07, 6.45) is 1.84. The van der Waals surface area contributed by atoms with E-state index in [0.717, 1.165) is 21.4 Å². The SMILES string of the molecule is Cc1nc2ccccn2c1C(=O)Nc1nc2c(C)ccc(C)c2s1. The summed E-state index contributed by atoms with van der Waals surface area (Å²) < 4.78 is 2.91. The molecule has 1 aromatic carbocycles. The van der Waals surface area contributed by atoms with Crippen molar-refractivity contribution in [3.63, 3.8) is 0 Å². The maximum Gasteiger partial charge on any atom is 0.276 e. The average molecular weight is 336 g/mol. The molecule has 0 radical (unpaired) electrons. The van der Waals surface area contributed by atoms with Crippen molar-refractivity contribution in [3.8, 4) is 0 Å². The van der Waals surface area contributed by atoms with Crippen LogP contribution in [0.1, 0.15) is 27.3 Å². The highest BCUT2D eigenvalue weighted by Crippen LogP contribution is 2.31. The van der Waals surface area contributed by atoms with E-state index in [1.807, 2.05) is 38.2 Å². The molecule has 1 amide bonds. The summed E-state index contributed by atoms with van der Waals surface area (Å²) in [5.41, 5.74) is 5.23. The smallest absolute Gasteiger partial charge is 0.276 e. The van der Waals surface area contributed by atoms with Gasteiger partial charge in [-0.25, -0.2) is 9.97 Å². The van der Waals surface area contributed by atoms with E-state index in [-0.39, 0.29) is 5.91 Å². The lowest BCUT2D eigenvalue weighted by Gasteiger charge is -2.02. The zero-order chi connectivity index (χ0) is 16.8. The number of benzene rings is 1. The van der Waals surface area contributed by atoms with Gasteiger partial charge in [-0.05, 0) is 44.0 Å². The molecule has 0 aliphatic carbocycles. The van der Waals surface area contributed by atoms with Crippen LogP contribution in [0.3, 0.4) is 0 Å². The first-order chi connectivity index (χ1) is 11.5. The topological polar surface area (TPSA) is 59.3 Å². The number of fused-ring (bicyclic) bond motifs is 2. The van der Waals surface area contributed by atoms with Gasteiger partial charge in [0.2, 0.25) is 0 Å². The van der Waals surface area contributed by atoms with Gasteiger partial charge in [0.05, 0.1) is 15.9 Å². The van der Waals surface area contributed by atoms with Gasteiger partial charge in [0.1, 0.15) is 11.3 Å². The Balaban J connectivity index is 1.75. The Morgan fingerprint density at radius 1 is 1.08 bits per heavy atom. The Bertz CT molecular complexity index is 1050. The number of amides is 1. The number of hydrogen-bond donors (Lipinski definition) is 1. The summed E-state index contributed by atoms with van der Waals surface area (Å²) in [6.45, 7) is 5.93. The first-order valence-corrected chi connectivity index (χ1v) is 8.48. The zero-order valence-corrected chi connectivity index (χ0v) is 14.4. The van der Waals surface area contributed by atoms with Crippen LogP contribution in [0.5, 0.6) is 0 Å². The standard InChI is InChI=1S/C18H16N4OS/c1-10-7-8-11(2)16-14(10)20-18(24-16)21-17(23)15-12(3)19-13-6-4-5-9-22(13)15/h4-9H,1-3H3,(H,20,21,23). The predicted molar refractivity (Wildman–Crippen MR) is 97.0 cm³/mol. The van der Waals surface area contributed by atoms with E-state index in [9.17, 15) is 4.79 Å². The molecule has 0 bridgehead atoms. The van der Waals surface area contributed by atoms with Crippen LogP contribution in [0.25, 0.3) is 15.9 Å². The van der Waals surface area contributed by atoms with Crippen molar-refractivity contribution in [2.75, 3.05) is 5.32 Å². The molecular formula is C18H16N4OS. The Morgan fingerprint density at radius 2 is 1.88 bits per heavy atom. The third-order valence-corrected chi connectivity index (χ3v) is 5.19. The molecule has 0 atom stereocenters. The molecule has 5 nitrogen and oxygen atoms in total. The number of aryl methyl sites for hydroxylation is 3. The molecule has 4 aromatic rings. The molecule has 3 heterocycles. The first kappa shape index (κ1) is 14.8. The lowest BCUT2D eigenvalue weighted by atomic mass is 10.1. The fourth-order valence-corrected chi connectivity index (χ4v) is 3.86. The van der Waals surface area contributed by atoms with Crippen LogP contribution < -0.4 is 5.32 Å². The van der Waals surface area contributed by atoms with Crippen LogP contribution in [0.15, 0.2) is 36.5 Å². The minimum absolute atomic E-state index is 0.194. The molecule has 120 valence electrons. The molecule has 6 heteroatoms.